The number of carbonyl (C=O) groups is 1. The number of benzene rings is 3. The van der Waals surface area contributed by atoms with Crippen molar-refractivity contribution in [2.75, 3.05) is 11.9 Å². The molecule has 31 heavy (non-hydrogen) atoms. The molecule has 1 N–H and O–H groups in total. The molecule has 1 aliphatic rings. The minimum absolute atomic E-state index is 0.0153. The van der Waals surface area contributed by atoms with E-state index in [2.05, 4.69) is 37.4 Å². The summed E-state index contributed by atoms with van der Waals surface area (Å²) in [5.74, 6) is 0.834. The zero-order valence-corrected chi connectivity index (χ0v) is 18.3. The second-order valence-corrected chi connectivity index (χ2v) is 8.17. The van der Waals surface area contributed by atoms with E-state index >= 15 is 0 Å². The number of para-hydroxylation sites is 2. The Morgan fingerprint density at radius 3 is 2.42 bits per heavy atom. The van der Waals surface area contributed by atoms with E-state index in [0.29, 0.717) is 18.7 Å². The minimum atomic E-state index is -0.747. The van der Waals surface area contributed by atoms with Gasteiger partial charge in [-0.1, -0.05) is 80.4 Å². The van der Waals surface area contributed by atoms with Gasteiger partial charge < -0.3 is 15.0 Å². The van der Waals surface area contributed by atoms with Crippen molar-refractivity contribution in [3.05, 3.63) is 95.6 Å². The molecule has 0 radical (unpaired) electrons. The number of hydrogen-bond acceptors (Lipinski definition) is 3. The smallest absolute Gasteiger partial charge is 0.258 e. The fourth-order valence-electron chi connectivity index (χ4n) is 4.19. The van der Waals surface area contributed by atoms with Crippen molar-refractivity contribution in [3.63, 3.8) is 0 Å². The molecule has 0 saturated heterocycles. The molecule has 4 rings (SSSR count). The van der Waals surface area contributed by atoms with Gasteiger partial charge in [0.25, 0.3) is 5.91 Å². The molecule has 4 nitrogen and oxygen atoms in total. The second kappa shape index (κ2) is 9.25. The van der Waals surface area contributed by atoms with Crippen LogP contribution in [-0.4, -0.2) is 17.4 Å². The molecule has 1 atom stereocenters. The summed E-state index contributed by atoms with van der Waals surface area (Å²) in [5.41, 5.74) is 2.84. The van der Waals surface area contributed by atoms with Gasteiger partial charge in [-0.2, -0.15) is 0 Å². The topological polar surface area (TPSA) is 41.6 Å². The molecule has 160 valence electrons. The number of amides is 1. The van der Waals surface area contributed by atoms with Gasteiger partial charge in [0.05, 0.1) is 12.2 Å². The second-order valence-electron chi connectivity index (χ2n) is 8.17. The standard InChI is InChI=1S/C27H30N2O2/c1-3-4-12-19-31-25-18-11-9-16-23(25)27(2)28-24-17-10-8-15-22(24)26(30)29(27)20-21-13-6-5-7-14-21/h5-11,13-18,28H,3-4,12,19-20H2,1-2H3. The first-order valence-corrected chi connectivity index (χ1v) is 11.1. The molecule has 0 aromatic heterocycles. The molecule has 0 spiro atoms. The van der Waals surface area contributed by atoms with Crippen molar-refractivity contribution in [1.82, 2.24) is 4.90 Å². The maximum Gasteiger partial charge on any atom is 0.258 e. The Labute approximate surface area is 184 Å². The number of nitrogens with one attached hydrogen (secondary N) is 1. The maximum atomic E-state index is 13.7. The van der Waals surface area contributed by atoms with Crippen molar-refractivity contribution in [1.29, 1.82) is 0 Å². The summed E-state index contributed by atoms with van der Waals surface area (Å²) < 4.78 is 6.20. The van der Waals surface area contributed by atoms with Gasteiger partial charge in [-0.3, -0.25) is 4.79 Å². The largest absolute Gasteiger partial charge is 0.493 e. The van der Waals surface area contributed by atoms with E-state index in [1.54, 1.807) is 0 Å². The lowest BCUT2D eigenvalue weighted by atomic mass is 9.92. The van der Waals surface area contributed by atoms with Gasteiger partial charge in [0.2, 0.25) is 0 Å². The fraction of sp³-hybridized carbons (Fsp3) is 0.296. The molecule has 1 aliphatic heterocycles. The molecule has 4 heteroatoms. The maximum absolute atomic E-state index is 13.7. The molecule has 3 aromatic carbocycles. The highest BCUT2D eigenvalue weighted by atomic mass is 16.5. The number of carbonyl (C=O) groups excluding carboxylic acids is 1. The summed E-state index contributed by atoms with van der Waals surface area (Å²) in [7, 11) is 0. The predicted octanol–water partition coefficient (Wildman–Crippen LogP) is 6.20. The first-order chi connectivity index (χ1) is 15.1. The van der Waals surface area contributed by atoms with Crippen LogP contribution in [0.25, 0.3) is 0 Å². The number of fused-ring (bicyclic) bond motifs is 1. The van der Waals surface area contributed by atoms with Crippen LogP contribution >= 0.6 is 0 Å². The van der Waals surface area contributed by atoms with Gasteiger partial charge in [-0.05, 0) is 37.1 Å². The van der Waals surface area contributed by atoms with Crippen LogP contribution in [0.2, 0.25) is 0 Å². The number of unbranched alkanes of at least 4 members (excludes halogenated alkanes) is 2. The van der Waals surface area contributed by atoms with E-state index in [4.69, 9.17) is 4.74 Å². The van der Waals surface area contributed by atoms with E-state index in [9.17, 15) is 4.79 Å². The molecule has 1 amide bonds. The summed E-state index contributed by atoms with van der Waals surface area (Å²) in [6, 6.07) is 25.9. The van der Waals surface area contributed by atoms with E-state index in [1.165, 1.54) is 0 Å². The summed E-state index contributed by atoms with van der Waals surface area (Å²) in [6.07, 6.45) is 3.31. The third-order valence-corrected chi connectivity index (χ3v) is 5.92. The summed E-state index contributed by atoms with van der Waals surface area (Å²) in [5, 5.41) is 3.66. The average Bonchev–Trinajstić information content (AvgIpc) is 2.80. The molecule has 0 fully saturated rings. The van der Waals surface area contributed by atoms with Crippen LogP contribution in [0.4, 0.5) is 5.69 Å². The molecule has 3 aromatic rings. The van der Waals surface area contributed by atoms with Gasteiger partial charge in [0, 0.05) is 17.8 Å². The van der Waals surface area contributed by atoms with Gasteiger partial charge >= 0.3 is 0 Å². The van der Waals surface area contributed by atoms with Crippen molar-refractivity contribution in [3.8, 4) is 5.75 Å². The van der Waals surface area contributed by atoms with Crippen LogP contribution in [0.1, 0.15) is 54.6 Å². The monoisotopic (exact) mass is 414 g/mol. The third-order valence-electron chi connectivity index (χ3n) is 5.92. The number of hydrogen-bond donors (Lipinski definition) is 1. The average molecular weight is 415 g/mol. The van der Waals surface area contributed by atoms with E-state index in [0.717, 1.165) is 41.8 Å². The molecule has 1 unspecified atom stereocenters. The van der Waals surface area contributed by atoms with E-state index < -0.39 is 5.66 Å². The summed E-state index contributed by atoms with van der Waals surface area (Å²) in [6.45, 7) is 5.43. The molecule has 0 saturated carbocycles. The SMILES string of the molecule is CCCCCOc1ccccc1C1(C)Nc2ccccc2C(=O)N1Cc1ccccc1. The molecule has 1 heterocycles. The Morgan fingerprint density at radius 2 is 1.61 bits per heavy atom. The molecular formula is C27H30N2O2. The van der Waals surface area contributed by atoms with Gasteiger partial charge in [-0.15, -0.1) is 0 Å². The van der Waals surface area contributed by atoms with Crippen molar-refractivity contribution < 1.29 is 9.53 Å². The van der Waals surface area contributed by atoms with Crippen molar-refractivity contribution >= 4 is 11.6 Å². The Morgan fingerprint density at radius 1 is 0.903 bits per heavy atom. The zero-order chi connectivity index (χ0) is 21.7. The molecule has 0 aliphatic carbocycles. The number of ether oxygens (including phenoxy) is 1. The Bertz CT molecular complexity index is 1030. The van der Waals surface area contributed by atoms with Crippen LogP contribution in [0.15, 0.2) is 78.9 Å². The van der Waals surface area contributed by atoms with Crippen LogP contribution in [0.5, 0.6) is 5.75 Å². The predicted molar refractivity (Wildman–Crippen MR) is 125 cm³/mol. The van der Waals surface area contributed by atoms with Crippen LogP contribution in [0.3, 0.4) is 0 Å². The zero-order valence-electron chi connectivity index (χ0n) is 18.3. The lowest BCUT2D eigenvalue weighted by molar-refractivity contribution is 0.0502. The third kappa shape index (κ3) is 4.29. The van der Waals surface area contributed by atoms with Crippen LogP contribution < -0.4 is 10.1 Å². The highest BCUT2D eigenvalue weighted by molar-refractivity contribution is 6.02. The van der Waals surface area contributed by atoms with E-state index in [1.807, 2.05) is 65.6 Å². The Balaban J connectivity index is 1.75. The lowest BCUT2D eigenvalue weighted by Crippen LogP contribution is -2.55. The van der Waals surface area contributed by atoms with Crippen LogP contribution in [0, 0.1) is 0 Å². The molecular weight excluding hydrogens is 384 g/mol. The van der Waals surface area contributed by atoms with Crippen molar-refractivity contribution in [2.45, 2.75) is 45.3 Å². The molecule has 0 bridgehead atoms. The Kier molecular flexibility index (Phi) is 6.26. The minimum Gasteiger partial charge on any atom is -0.493 e. The first-order valence-electron chi connectivity index (χ1n) is 11.1. The van der Waals surface area contributed by atoms with Gasteiger partial charge in [0.1, 0.15) is 11.4 Å². The van der Waals surface area contributed by atoms with Crippen molar-refractivity contribution in [2.24, 2.45) is 0 Å². The quantitative estimate of drug-likeness (QED) is 0.447. The van der Waals surface area contributed by atoms with Gasteiger partial charge in [0.15, 0.2) is 0 Å². The highest BCUT2D eigenvalue weighted by Gasteiger charge is 2.43. The lowest BCUT2D eigenvalue weighted by Gasteiger charge is -2.47. The van der Waals surface area contributed by atoms with E-state index in [-0.39, 0.29) is 5.91 Å². The van der Waals surface area contributed by atoms with Gasteiger partial charge in [-0.25, -0.2) is 0 Å². The normalized spacial score (nSPS) is 17.7. The fourth-order valence-corrected chi connectivity index (χ4v) is 4.19. The highest BCUT2D eigenvalue weighted by Crippen LogP contribution is 2.42. The van der Waals surface area contributed by atoms with Crippen LogP contribution in [-0.2, 0) is 12.2 Å². The number of nitrogens with zero attached hydrogens (tertiary/aromatic N) is 1. The number of rotatable bonds is 8. The summed E-state index contributed by atoms with van der Waals surface area (Å²) >= 11 is 0. The number of anilines is 1. The summed E-state index contributed by atoms with van der Waals surface area (Å²) in [4.78, 5) is 15.6. The first kappa shape index (κ1) is 21.0. The Hall–Kier alpha value is -3.27.